The Morgan fingerprint density at radius 2 is 1.80 bits per heavy atom. The highest BCUT2D eigenvalue weighted by Gasteiger charge is 2.13. The van der Waals surface area contributed by atoms with E-state index in [1.807, 2.05) is 37.9 Å². The molecular formula is C21H28FN3. The molecular weight excluding hydrogens is 313 g/mol. The summed E-state index contributed by atoms with van der Waals surface area (Å²) in [5, 5.41) is 3.29. The SMILES string of the molecule is CCN(C)/C=N\c1cc(C)c(Nc2ccc(C(C)(C)C)cc2)cc1F. The molecule has 0 unspecified atom stereocenters. The zero-order valence-corrected chi connectivity index (χ0v) is 16.0. The summed E-state index contributed by atoms with van der Waals surface area (Å²) in [6.07, 6.45) is 1.65. The fraction of sp³-hybridized carbons (Fsp3) is 0.381. The van der Waals surface area contributed by atoms with E-state index in [9.17, 15) is 4.39 Å². The number of nitrogens with zero attached hydrogens (tertiary/aromatic N) is 2. The van der Waals surface area contributed by atoms with Gasteiger partial charge in [0.05, 0.1) is 6.34 Å². The molecule has 0 radical (unpaired) electrons. The molecule has 2 rings (SSSR count). The van der Waals surface area contributed by atoms with Crippen molar-refractivity contribution in [3.8, 4) is 0 Å². The third kappa shape index (κ3) is 5.05. The monoisotopic (exact) mass is 341 g/mol. The summed E-state index contributed by atoms with van der Waals surface area (Å²) in [4.78, 5) is 6.12. The standard InChI is InChI=1S/C21H28FN3/c1-7-25(6)14-23-20-12-15(2)19(13-18(20)22)24-17-10-8-16(9-11-17)21(3,4)5/h8-14,24H,7H2,1-6H3/b23-14-. The molecule has 0 amide bonds. The fourth-order valence-corrected chi connectivity index (χ4v) is 2.35. The molecule has 0 aliphatic heterocycles. The highest BCUT2D eigenvalue weighted by atomic mass is 19.1. The Bertz CT molecular complexity index is 743. The van der Waals surface area contributed by atoms with Crippen molar-refractivity contribution < 1.29 is 4.39 Å². The van der Waals surface area contributed by atoms with Crippen LogP contribution in [0.3, 0.4) is 0 Å². The fourth-order valence-electron chi connectivity index (χ4n) is 2.35. The van der Waals surface area contributed by atoms with E-state index >= 15 is 0 Å². The number of hydrogen-bond donors (Lipinski definition) is 1. The first-order chi connectivity index (χ1) is 11.7. The third-order valence-electron chi connectivity index (χ3n) is 4.22. The second kappa shape index (κ2) is 7.68. The molecule has 2 aromatic carbocycles. The maximum Gasteiger partial charge on any atom is 0.150 e. The minimum atomic E-state index is -0.333. The van der Waals surface area contributed by atoms with Gasteiger partial charge in [-0.25, -0.2) is 9.38 Å². The Morgan fingerprint density at radius 3 is 2.36 bits per heavy atom. The molecule has 0 atom stereocenters. The minimum Gasteiger partial charge on any atom is -0.366 e. The lowest BCUT2D eigenvalue weighted by atomic mass is 9.87. The first-order valence-electron chi connectivity index (χ1n) is 8.63. The van der Waals surface area contributed by atoms with E-state index in [1.165, 1.54) is 11.6 Å². The van der Waals surface area contributed by atoms with Gasteiger partial charge in [0, 0.05) is 25.0 Å². The summed E-state index contributed by atoms with van der Waals surface area (Å²) >= 11 is 0. The number of benzene rings is 2. The van der Waals surface area contributed by atoms with E-state index in [2.05, 4.69) is 43.2 Å². The van der Waals surface area contributed by atoms with Gasteiger partial charge < -0.3 is 10.2 Å². The number of aryl methyl sites for hydroxylation is 1. The average Bonchev–Trinajstić information content (AvgIpc) is 2.56. The van der Waals surface area contributed by atoms with Crippen molar-refractivity contribution in [2.75, 3.05) is 18.9 Å². The zero-order chi connectivity index (χ0) is 18.6. The molecule has 0 aliphatic carbocycles. The molecule has 4 heteroatoms. The molecule has 0 saturated carbocycles. The molecule has 0 spiro atoms. The molecule has 0 aromatic heterocycles. The van der Waals surface area contributed by atoms with Crippen LogP contribution in [-0.4, -0.2) is 24.8 Å². The van der Waals surface area contributed by atoms with Crippen LogP contribution in [0.4, 0.5) is 21.5 Å². The lowest BCUT2D eigenvalue weighted by Crippen LogP contribution is -2.14. The molecule has 134 valence electrons. The predicted molar refractivity (Wildman–Crippen MR) is 106 cm³/mol. The molecule has 2 aromatic rings. The molecule has 0 heterocycles. The van der Waals surface area contributed by atoms with Crippen LogP contribution < -0.4 is 5.32 Å². The van der Waals surface area contributed by atoms with Crippen molar-refractivity contribution in [1.29, 1.82) is 0 Å². The van der Waals surface area contributed by atoms with Gasteiger partial charge in [0.15, 0.2) is 5.82 Å². The molecule has 0 bridgehead atoms. The van der Waals surface area contributed by atoms with Crippen LogP contribution in [0.2, 0.25) is 0 Å². The number of nitrogens with one attached hydrogen (secondary N) is 1. The molecule has 25 heavy (non-hydrogen) atoms. The maximum atomic E-state index is 14.3. The van der Waals surface area contributed by atoms with Gasteiger partial charge in [-0.2, -0.15) is 0 Å². The van der Waals surface area contributed by atoms with Gasteiger partial charge in [0.25, 0.3) is 0 Å². The molecule has 1 N–H and O–H groups in total. The van der Waals surface area contributed by atoms with E-state index in [-0.39, 0.29) is 11.2 Å². The van der Waals surface area contributed by atoms with Crippen LogP contribution in [0.5, 0.6) is 0 Å². The van der Waals surface area contributed by atoms with E-state index in [1.54, 1.807) is 12.4 Å². The van der Waals surface area contributed by atoms with Crippen LogP contribution in [0.25, 0.3) is 0 Å². The summed E-state index contributed by atoms with van der Waals surface area (Å²) < 4.78 is 14.3. The van der Waals surface area contributed by atoms with Crippen molar-refractivity contribution in [3.05, 3.63) is 53.3 Å². The largest absolute Gasteiger partial charge is 0.366 e. The smallest absolute Gasteiger partial charge is 0.150 e. The third-order valence-corrected chi connectivity index (χ3v) is 4.22. The summed E-state index contributed by atoms with van der Waals surface area (Å²) in [6.45, 7) is 11.4. The Labute approximate surface area is 150 Å². The number of aliphatic imine (C=N–C) groups is 1. The van der Waals surface area contributed by atoms with E-state index in [0.29, 0.717) is 5.69 Å². The summed E-state index contributed by atoms with van der Waals surface area (Å²) in [7, 11) is 1.91. The second-order valence-corrected chi connectivity index (χ2v) is 7.39. The van der Waals surface area contributed by atoms with Crippen LogP contribution >= 0.6 is 0 Å². The van der Waals surface area contributed by atoms with E-state index in [4.69, 9.17) is 0 Å². The van der Waals surface area contributed by atoms with Gasteiger partial charge in [-0.05, 0) is 54.7 Å². The Morgan fingerprint density at radius 1 is 1.16 bits per heavy atom. The van der Waals surface area contributed by atoms with Gasteiger partial charge in [-0.1, -0.05) is 32.9 Å². The lowest BCUT2D eigenvalue weighted by Gasteiger charge is -2.19. The highest BCUT2D eigenvalue weighted by Crippen LogP contribution is 2.29. The van der Waals surface area contributed by atoms with Crippen LogP contribution in [0.15, 0.2) is 41.4 Å². The van der Waals surface area contributed by atoms with Crippen molar-refractivity contribution in [2.45, 2.75) is 40.0 Å². The Hall–Kier alpha value is -2.36. The van der Waals surface area contributed by atoms with Crippen LogP contribution in [0.1, 0.15) is 38.8 Å². The topological polar surface area (TPSA) is 27.6 Å². The number of hydrogen-bond acceptors (Lipinski definition) is 2. The predicted octanol–water partition coefficient (Wildman–Crippen LogP) is 5.79. The molecule has 3 nitrogen and oxygen atoms in total. The summed E-state index contributed by atoms with van der Waals surface area (Å²) in [5.41, 5.74) is 4.39. The van der Waals surface area contributed by atoms with Crippen molar-refractivity contribution in [3.63, 3.8) is 0 Å². The molecule has 0 fully saturated rings. The summed E-state index contributed by atoms with van der Waals surface area (Å²) in [5.74, 6) is -0.333. The second-order valence-electron chi connectivity index (χ2n) is 7.39. The average molecular weight is 341 g/mol. The van der Waals surface area contributed by atoms with Gasteiger partial charge in [-0.3, -0.25) is 0 Å². The van der Waals surface area contributed by atoms with Gasteiger partial charge in [0.2, 0.25) is 0 Å². The van der Waals surface area contributed by atoms with Crippen molar-refractivity contribution >= 4 is 23.4 Å². The summed E-state index contributed by atoms with van der Waals surface area (Å²) in [6, 6.07) is 11.5. The highest BCUT2D eigenvalue weighted by molar-refractivity contribution is 5.68. The Kier molecular flexibility index (Phi) is 5.83. The first-order valence-corrected chi connectivity index (χ1v) is 8.63. The van der Waals surface area contributed by atoms with Crippen LogP contribution in [0, 0.1) is 12.7 Å². The minimum absolute atomic E-state index is 0.117. The lowest BCUT2D eigenvalue weighted by molar-refractivity contribution is 0.551. The van der Waals surface area contributed by atoms with Crippen LogP contribution in [-0.2, 0) is 5.41 Å². The molecule has 0 aliphatic rings. The number of halogens is 1. The van der Waals surface area contributed by atoms with Gasteiger partial charge in [-0.15, -0.1) is 0 Å². The zero-order valence-electron chi connectivity index (χ0n) is 16.0. The van der Waals surface area contributed by atoms with Gasteiger partial charge >= 0.3 is 0 Å². The first kappa shape index (κ1) is 19.0. The van der Waals surface area contributed by atoms with E-state index in [0.717, 1.165) is 23.5 Å². The molecule has 0 saturated heterocycles. The Balaban J connectivity index is 2.20. The normalized spacial score (nSPS) is 11.8. The quantitative estimate of drug-likeness (QED) is 0.551. The number of anilines is 2. The van der Waals surface area contributed by atoms with Gasteiger partial charge in [0.1, 0.15) is 5.69 Å². The van der Waals surface area contributed by atoms with Crippen molar-refractivity contribution in [1.82, 2.24) is 4.90 Å². The number of rotatable bonds is 5. The van der Waals surface area contributed by atoms with E-state index < -0.39 is 0 Å². The maximum absolute atomic E-state index is 14.3. The van der Waals surface area contributed by atoms with Crippen molar-refractivity contribution in [2.24, 2.45) is 4.99 Å².